The molecule has 7 heteroatoms. The van der Waals surface area contributed by atoms with Crippen molar-refractivity contribution in [3.63, 3.8) is 0 Å². The van der Waals surface area contributed by atoms with Crippen LogP contribution >= 0.6 is 12.4 Å². The first-order valence-corrected chi connectivity index (χ1v) is 11.1. The first kappa shape index (κ1) is 25.5. The second-order valence-corrected chi connectivity index (χ2v) is 8.37. The lowest BCUT2D eigenvalue weighted by molar-refractivity contribution is 0.0696. The van der Waals surface area contributed by atoms with E-state index in [2.05, 4.69) is 11.4 Å². The maximum Gasteiger partial charge on any atom is 0.335 e. The van der Waals surface area contributed by atoms with Crippen molar-refractivity contribution in [1.82, 2.24) is 5.32 Å². The molecular formula is C27H29ClFNO4. The molecule has 0 aliphatic carbocycles. The zero-order valence-corrected chi connectivity index (χ0v) is 20.0. The van der Waals surface area contributed by atoms with Crippen molar-refractivity contribution in [3.05, 3.63) is 94.3 Å². The SMILES string of the molecule is COc1cc(CCNCC2CC(c3ccc(C(=O)O)c(C)c3)c3ccccc3O2)ccc1F.Cl. The lowest BCUT2D eigenvalue weighted by Crippen LogP contribution is -2.36. The molecule has 0 saturated carbocycles. The molecule has 5 nitrogen and oxygen atoms in total. The summed E-state index contributed by atoms with van der Waals surface area (Å²) in [6.07, 6.45) is 1.52. The Morgan fingerprint density at radius 1 is 1.18 bits per heavy atom. The monoisotopic (exact) mass is 485 g/mol. The number of carboxylic acids is 1. The van der Waals surface area contributed by atoms with Gasteiger partial charge in [0.05, 0.1) is 12.7 Å². The molecule has 180 valence electrons. The number of methoxy groups -OCH3 is 1. The number of nitrogens with one attached hydrogen (secondary N) is 1. The average molecular weight is 486 g/mol. The predicted molar refractivity (Wildman–Crippen MR) is 132 cm³/mol. The fourth-order valence-electron chi connectivity index (χ4n) is 4.43. The van der Waals surface area contributed by atoms with Gasteiger partial charge in [0.1, 0.15) is 11.9 Å². The van der Waals surface area contributed by atoms with Crippen molar-refractivity contribution in [3.8, 4) is 11.5 Å². The summed E-state index contributed by atoms with van der Waals surface area (Å²) in [6, 6.07) is 18.5. The van der Waals surface area contributed by atoms with Crippen molar-refractivity contribution >= 4 is 18.4 Å². The number of carbonyl (C=O) groups is 1. The molecule has 2 unspecified atom stereocenters. The van der Waals surface area contributed by atoms with Crippen LogP contribution in [0.25, 0.3) is 0 Å². The molecule has 1 aliphatic heterocycles. The van der Waals surface area contributed by atoms with Crippen LogP contribution in [-0.2, 0) is 6.42 Å². The lowest BCUT2D eigenvalue weighted by atomic mass is 9.83. The summed E-state index contributed by atoms with van der Waals surface area (Å²) in [7, 11) is 1.46. The highest BCUT2D eigenvalue weighted by Crippen LogP contribution is 2.40. The van der Waals surface area contributed by atoms with E-state index in [0.29, 0.717) is 12.1 Å². The molecule has 3 aromatic carbocycles. The summed E-state index contributed by atoms with van der Waals surface area (Å²) in [6.45, 7) is 3.24. The van der Waals surface area contributed by atoms with E-state index in [1.54, 1.807) is 18.2 Å². The zero-order chi connectivity index (χ0) is 23.4. The van der Waals surface area contributed by atoms with E-state index in [1.807, 2.05) is 37.3 Å². The molecule has 0 spiro atoms. The number of hydrogen-bond donors (Lipinski definition) is 2. The number of para-hydroxylation sites is 1. The molecule has 3 aromatic rings. The molecule has 0 saturated heterocycles. The average Bonchev–Trinajstić information content (AvgIpc) is 2.82. The second kappa shape index (κ2) is 11.4. The third kappa shape index (κ3) is 5.69. The largest absolute Gasteiger partial charge is 0.494 e. The van der Waals surface area contributed by atoms with E-state index in [1.165, 1.54) is 13.2 Å². The van der Waals surface area contributed by atoms with Gasteiger partial charge < -0.3 is 19.9 Å². The summed E-state index contributed by atoms with van der Waals surface area (Å²) < 4.78 is 24.9. The van der Waals surface area contributed by atoms with Gasteiger partial charge in [0, 0.05) is 18.0 Å². The number of ether oxygens (including phenoxy) is 2. The number of rotatable bonds is 8. The minimum absolute atomic E-state index is 0. The maximum absolute atomic E-state index is 13.6. The Labute approximate surface area is 205 Å². The van der Waals surface area contributed by atoms with Gasteiger partial charge in [-0.3, -0.25) is 0 Å². The molecular weight excluding hydrogens is 457 g/mol. The highest BCUT2D eigenvalue weighted by molar-refractivity contribution is 5.89. The van der Waals surface area contributed by atoms with Crippen LogP contribution in [0.4, 0.5) is 4.39 Å². The van der Waals surface area contributed by atoms with Crippen LogP contribution in [0, 0.1) is 12.7 Å². The van der Waals surface area contributed by atoms with Crippen LogP contribution in [0.15, 0.2) is 60.7 Å². The molecule has 4 rings (SSSR count). The van der Waals surface area contributed by atoms with Crippen molar-refractivity contribution in [2.75, 3.05) is 20.2 Å². The van der Waals surface area contributed by atoms with E-state index < -0.39 is 5.97 Å². The number of aryl methyl sites for hydroxylation is 1. The summed E-state index contributed by atoms with van der Waals surface area (Å²) in [5.41, 5.74) is 4.30. The van der Waals surface area contributed by atoms with Crippen molar-refractivity contribution < 1.29 is 23.8 Å². The van der Waals surface area contributed by atoms with Gasteiger partial charge in [-0.1, -0.05) is 36.4 Å². The van der Waals surface area contributed by atoms with E-state index in [9.17, 15) is 14.3 Å². The highest BCUT2D eigenvalue weighted by Gasteiger charge is 2.29. The molecule has 34 heavy (non-hydrogen) atoms. The van der Waals surface area contributed by atoms with Crippen molar-refractivity contribution in [2.45, 2.75) is 31.8 Å². The molecule has 0 amide bonds. The third-order valence-electron chi connectivity index (χ3n) is 6.15. The van der Waals surface area contributed by atoms with Gasteiger partial charge in [0.25, 0.3) is 0 Å². The second-order valence-electron chi connectivity index (χ2n) is 8.37. The number of hydrogen-bond acceptors (Lipinski definition) is 4. The summed E-state index contributed by atoms with van der Waals surface area (Å²) in [4.78, 5) is 11.4. The third-order valence-corrected chi connectivity index (χ3v) is 6.15. The smallest absolute Gasteiger partial charge is 0.335 e. The molecule has 0 fully saturated rings. The maximum atomic E-state index is 13.6. The predicted octanol–water partition coefficient (Wildman–Crippen LogP) is 5.38. The lowest BCUT2D eigenvalue weighted by Gasteiger charge is -2.33. The molecule has 0 radical (unpaired) electrons. The number of fused-ring (bicyclic) bond motifs is 1. The van der Waals surface area contributed by atoms with Gasteiger partial charge in [0.2, 0.25) is 0 Å². The minimum atomic E-state index is -0.910. The van der Waals surface area contributed by atoms with Crippen molar-refractivity contribution in [1.29, 1.82) is 0 Å². The Hall–Kier alpha value is -3.09. The van der Waals surface area contributed by atoms with Gasteiger partial charge in [-0.05, 0) is 67.3 Å². The van der Waals surface area contributed by atoms with Gasteiger partial charge in [-0.15, -0.1) is 12.4 Å². The van der Waals surface area contributed by atoms with Crippen LogP contribution in [0.2, 0.25) is 0 Å². The molecule has 2 atom stereocenters. The standard InChI is InChI=1S/C27H28FNO4.ClH/c1-17-13-19(8-9-21(17)27(30)31)23-15-20(33-25-6-4-3-5-22(23)25)16-29-12-11-18-7-10-24(28)26(14-18)32-2;/h3-10,13-14,20,23,29H,11-12,15-16H2,1-2H3,(H,30,31);1H. The number of aromatic carboxylic acids is 1. The van der Waals surface area contributed by atoms with Crippen LogP contribution in [0.5, 0.6) is 11.5 Å². The number of halogens is 2. The van der Waals surface area contributed by atoms with Gasteiger partial charge >= 0.3 is 5.97 Å². The topological polar surface area (TPSA) is 67.8 Å². The molecule has 1 heterocycles. The van der Waals surface area contributed by atoms with Crippen LogP contribution in [0.3, 0.4) is 0 Å². The first-order chi connectivity index (χ1) is 16.0. The van der Waals surface area contributed by atoms with E-state index >= 15 is 0 Å². The Morgan fingerprint density at radius 2 is 1.97 bits per heavy atom. The molecule has 1 aliphatic rings. The van der Waals surface area contributed by atoms with E-state index in [4.69, 9.17) is 9.47 Å². The Morgan fingerprint density at radius 3 is 2.71 bits per heavy atom. The Kier molecular flexibility index (Phi) is 8.53. The molecule has 0 aromatic heterocycles. The highest BCUT2D eigenvalue weighted by atomic mass is 35.5. The van der Waals surface area contributed by atoms with Crippen molar-refractivity contribution in [2.24, 2.45) is 0 Å². The normalized spacial score (nSPS) is 16.7. The molecule has 0 bridgehead atoms. The quantitative estimate of drug-likeness (QED) is 0.419. The molecule has 2 N–H and O–H groups in total. The number of benzene rings is 3. The van der Waals surface area contributed by atoms with Gasteiger partial charge in [-0.2, -0.15) is 0 Å². The summed E-state index contributed by atoms with van der Waals surface area (Å²) in [5.74, 6) is -0.0198. The summed E-state index contributed by atoms with van der Waals surface area (Å²) in [5, 5.41) is 12.8. The van der Waals surface area contributed by atoms with Crippen LogP contribution < -0.4 is 14.8 Å². The van der Waals surface area contributed by atoms with E-state index in [-0.39, 0.29) is 36.0 Å². The fraction of sp³-hybridized carbons (Fsp3) is 0.296. The zero-order valence-electron chi connectivity index (χ0n) is 19.2. The summed E-state index contributed by atoms with van der Waals surface area (Å²) >= 11 is 0. The van der Waals surface area contributed by atoms with Gasteiger partial charge in [0.15, 0.2) is 11.6 Å². The van der Waals surface area contributed by atoms with Crippen LogP contribution in [-0.4, -0.2) is 37.4 Å². The Bertz CT molecular complexity index is 1150. The minimum Gasteiger partial charge on any atom is -0.494 e. The first-order valence-electron chi connectivity index (χ1n) is 11.1. The number of carboxylic acid groups (broad SMARTS) is 1. The van der Waals surface area contributed by atoms with E-state index in [0.717, 1.165) is 47.4 Å². The fourth-order valence-corrected chi connectivity index (χ4v) is 4.43. The van der Waals surface area contributed by atoms with Gasteiger partial charge in [-0.25, -0.2) is 9.18 Å². The Balaban J connectivity index is 0.00000324. The van der Waals surface area contributed by atoms with Crippen LogP contribution in [0.1, 0.15) is 45.0 Å².